The van der Waals surface area contributed by atoms with Crippen LogP contribution in [0.25, 0.3) is 0 Å². The van der Waals surface area contributed by atoms with E-state index < -0.39 is 26.2 Å². The molecule has 120 valence electrons. The monoisotopic (exact) mass is 321 g/mol. The number of aromatic nitrogens is 1. The van der Waals surface area contributed by atoms with Crippen LogP contribution < -0.4 is 10.6 Å². The Bertz CT molecular complexity index is 604. The van der Waals surface area contributed by atoms with E-state index in [9.17, 15) is 17.2 Å². The van der Waals surface area contributed by atoms with Gasteiger partial charge >= 0.3 is 0 Å². The molecule has 5 nitrogen and oxygen atoms in total. The van der Waals surface area contributed by atoms with Gasteiger partial charge in [0, 0.05) is 25.4 Å². The zero-order valence-electron chi connectivity index (χ0n) is 12.6. The fourth-order valence-electron chi connectivity index (χ4n) is 1.39. The van der Waals surface area contributed by atoms with Crippen LogP contribution in [0.5, 0.6) is 0 Å². The maximum absolute atomic E-state index is 13.7. The SMILES string of the molecule is CCCNc1nc(NCC(C)(C)S(C)(=O)=O)c(F)cc1F. The number of halogens is 2. The van der Waals surface area contributed by atoms with Gasteiger partial charge in [0.15, 0.2) is 33.1 Å². The second-order valence-electron chi connectivity index (χ2n) is 5.46. The standard InChI is InChI=1S/C13H21F2N3O2S/c1-5-6-16-11-9(14)7-10(15)12(18-11)17-8-13(2,3)21(4,19)20/h7H,5-6,8H2,1-4H3,(H2,16,17,18). The van der Waals surface area contributed by atoms with E-state index in [4.69, 9.17) is 0 Å². The highest BCUT2D eigenvalue weighted by Gasteiger charge is 2.30. The molecule has 0 saturated heterocycles. The average Bonchev–Trinajstić information content (AvgIpc) is 2.35. The maximum Gasteiger partial charge on any atom is 0.168 e. The molecule has 1 aromatic heterocycles. The van der Waals surface area contributed by atoms with Gasteiger partial charge in [0.05, 0.1) is 4.75 Å². The average molecular weight is 321 g/mol. The molecule has 21 heavy (non-hydrogen) atoms. The summed E-state index contributed by atoms with van der Waals surface area (Å²) in [4.78, 5) is 3.83. The number of hydrogen-bond donors (Lipinski definition) is 2. The van der Waals surface area contributed by atoms with Gasteiger partial charge in [-0.25, -0.2) is 22.2 Å². The van der Waals surface area contributed by atoms with Crippen LogP contribution in [0.3, 0.4) is 0 Å². The largest absolute Gasteiger partial charge is 0.368 e. The summed E-state index contributed by atoms with van der Waals surface area (Å²) in [6.45, 7) is 5.42. The Morgan fingerprint density at radius 3 is 2.19 bits per heavy atom. The van der Waals surface area contributed by atoms with Crippen molar-refractivity contribution < 1.29 is 17.2 Å². The van der Waals surface area contributed by atoms with Gasteiger partial charge in [-0.1, -0.05) is 6.92 Å². The smallest absolute Gasteiger partial charge is 0.168 e. The van der Waals surface area contributed by atoms with Crippen LogP contribution in [0.2, 0.25) is 0 Å². The van der Waals surface area contributed by atoms with Crippen molar-refractivity contribution in [2.24, 2.45) is 0 Å². The van der Waals surface area contributed by atoms with Crippen LogP contribution in [0.4, 0.5) is 20.4 Å². The molecule has 8 heteroatoms. The van der Waals surface area contributed by atoms with Crippen LogP contribution in [0, 0.1) is 11.6 Å². The Morgan fingerprint density at radius 2 is 1.71 bits per heavy atom. The summed E-state index contributed by atoms with van der Waals surface area (Å²) in [6, 6.07) is 0.723. The fraction of sp³-hybridized carbons (Fsp3) is 0.615. The number of nitrogens with zero attached hydrogens (tertiary/aromatic N) is 1. The molecule has 0 aliphatic carbocycles. The molecule has 0 bridgehead atoms. The van der Waals surface area contributed by atoms with E-state index >= 15 is 0 Å². The van der Waals surface area contributed by atoms with E-state index in [0.717, 1.165) is 18.7 Å². The van der Waals surface area contributed by atoms with Crippen molar-refractivity contribution in [1.29, 1.82) is 0 Å². The molecular formula is C13H21F2N3O2S. The van der Waals surface area contributed by atoms with Gasteiger partial charge in [0.1, 0.15) is 0 Å². The van der Waals surface area contributed by atoms with Crippen molar-refractivity contribution >= 4 is 21.5 Å². The minimum atomic E-state index is -3.32. The quantitative estimate of drug-likeness (QED) is 0.807. The van der Waals surface area contributed by atoms with E-state index in [1.54, 1.807) is 0 Å². The second-order valence-corrected chi connectivity index (χ2v) is 8.11. The second kappa shape index (κ2) is 6.55. The van der Waals surface area contributed by atoms with E-state index in [2.05, 4.69) is 15.6 Å². The number of hydrogen-bond acceptors (Lipinski definition) is 5. The summed E-state index contributed by atoms with van der Waals surface area (Å²) in [5, 5.41) is 5.38. The van der Waals surface area contributed by atoms with Crippen molar-refractivity contribution in [2.45, 2.75) is 31.9 Å². The van der Waals surface area contributed by atoms with E-state index in [0.29, 0.717) is 6.54 Å². The summed E-state index contributed by atoms with van der Waals surface area (Å²) in [5.74, 6) is -1.88. The first-order chi connectivity index (χ1) is 9.58. The third-order valence-electron chi connectivity index (χ3n) is 3.16. The molecule has 0 fully saturated rings. The van der Waals surface area contributed by atoms with E-state index in [-0.39, 0.29) is 18.2 Å². The zero-order valence-corrected chi connectivity index (χ0v) is 13.4. The van der Waals surface area contributed by atoms with Crippen molar-refractivity contribution in [3.05, 3.63) is 17.7 Å². The van der Waals surface area contributed by atoms with E-state index in [1.807, 2.05) is 6.92 Å². The summed E-state index contributed by atoms with van der Waals surface area (Å²) in [7, 11) is -3.32. The van der Waals surface area contributed by atoms with Crippen LogP contribution >= 0.6 is 0 Å². The van der Waals surface area contributed by atoms with Crippen LogP contribution in [-0.4, -0.2) is 37.5 Å². The predicted molar refractivity (Wildman–Crippen MR) is 80.3 cm³/mol. The van der Waals surface area contributed by atoms with E-state index in [1.165, 1.54) is 13.8 Å². The Kier molecular flexibility index (Phi) is 5.49. The summed E-state index contributed by atoms with van der Waals surface area (Å²) in [5.41, 5.74) is 0. The highest BCUT2D eigenvalue weighted by atomic mass is 32.2. The fourth-order valence-corrected chi connectivity index (χ4v) is 1.72. The number of pyridine rings is 1. The lowest BCUT2D eigenvalue weighted by Gasteiger charge is -2.23. The Balaban J connectivity index is 2.93. The number of anilines is 2. The first-order valence-electron chi connectivity index (χ1n) is 6.62. The number of sulfone groups is 1. The Labute approximate surface area is 124 Å². The minimum Gasteiger partial charge on any atom is -0.368 e. The number of nitrogens with one attached hydrogen (secondary N) is 2. The minimum absolute atomic E-state index is 0.0331. The molecule has 0 aromatic carbocycles. The lowest BCUT2D eigenvalue weighted by molar-refractivity contribution is 0.555. The summed E-state index contributed by atoms with van der Waals surface area (Å²) < 4.78 is 49.3. The number of rotatable bonds is 7. The molecule has 1 rings (SSSR count). The third-order valence-corrected chi connectivity index (χ3v) is 5.31. The molecule has 0 radical (unpaired) electrons. The molecular weight excluding hydrogens is 300 g/mol. The molecule has 0 aliphatic heterocycles. The topological polar surface area (TPSA) is 71.1 Å². The van der Waals surface area contributed by atoms with Gasteiger partial charge in [-0.05, 0) is 20.3 Å². The summed E-state index contributed by atoms with van der Waals surface area (Å²) >= 11 is 0. The van der Waals surface area contributed by atoms with Crippen molar-refractivity contribution in [3.8, 4) is 0 Å². The molecule has 0 aliphatic rings. The van der Waals surface area contributed by atoms with Gasteiger partial charge < -0.3 is 10.6 Å². The Hall–Kier alpha value is -1.44. The highest BCUT2D eigenvalue weighted by molar-refractivity contribution is 7.92. The van der Waals surface area contributed by atoms with Crippen molar-refractivity contribution in [2.75, 3.05) is 30.0 Å². The zero-order chi connectivity index (χ0) is 16.3. The maximum atomic E-state index is 13.7. The highest BCUT2D eigenvalue weighted by Crippen LogP contribution is 2.21. The Morgan fingerprint density at radius 1 is 1.19 bits per heavy atom. The lowest BCUT2D eigenvalue weighted by atomic mass is 10.2. The molecule has 0 amide bonds. The van der Waals surface area contributed by atoms with Gasteiger partial charge in [0.25, 0.3) is 0 Å². The van der Waals surface area contributed by atoms with Gasteiger partial charge in [0.2, 0.25) is 0 Å². The molecule has 0 unspecified atom stereocenters. The molecule has 1 heterocycles. The summed E-state index contributed by atoms with van der Waals surface area (Å²) in [6.07, 6.45) is 1.87. The molecule has 0 spiro atoms. The third kappa shape index (κ3) is 4.52. The molecule has 1 aromatic rings. The molecule has 0 atom stereocenters. The van der Waals surface area contributed by atoms with Crippen molar-refractivity contribution in [1.82, 2.24) is 4.98 Å². The van der Waals surface area contributed by atoms with Crippen molar-refractivity contribution in [3.63, 3.8) is 0 Å². The van der Waals surface area contributed by atoms with Crippen LogP contribution in [0.15, 0.2) is 6.07 Å². The first-order valence-corrected chi connectivity index (χ1v) is 8.51. The first kappa shape index (κ1) is 17.6. The van der Waals surface area contributed by atoms with Gasteiger partial charge in [-0.15, -0.1) is 0 Å². The van der Waals surface area contributed by atoms with Crippen LogP contribution in [0.1, 0.15) is 27.2 Å². The predicted octanol–water partition coefficient (Wildman–Crippen LogP) is 2.42. The lowest BCUT2D eigenvalue weighted by Crippen LogP contribution is -2.38. The normalized spacial score (nSPS) is 12.3. The molecule has 2 N–H and O–H groups in total. The van der Waals surface area contributed by atoms with Gasteiger partial charge in [-0.2, -0.15) is 0 Å². The molecule has 0 saturated carbocycles. The van der Waals surface area contributed by atoms with Gasteiger partial charge in [-0.3, -0.25) is 0 Å². The van der Waals surface area contributed by atoms with Crippen LogP contribution in [-0.2, 0) is 9.84 Å².